The molecule has 8 heteroatoms. The molecule has 0 saturated heterocycles. The van der Waals surface area contributed by atoms with Gasteiger partial charge in [0.2, 0.25) is 0 Å². The number of hydrogen-bond donors (Lipinski definition) is 0. The highest BCUT2D eigenvalue weighted by Crippen LogP contribution is 2.16. The Labute approximate surface area is 116 Å². The van der Waals surface area contributed by atoms with Crippen LogP contribution < -0.4 is 0 Å². The molecule has 8 nitrogen and oxygen atoms in total. The average molecular weight is 283 g/mol. The minimum Gasteiger partial charge on any atom is -0.466 e. The fourth-order valence-corrected chi connectivity index (χ4v) is 1.65. The molecule has 0 aliphatic heterocycles. The summed E-state index contributed by atoms with van der Waals surface area (Å²) in [6.07, 6.45) is 1.36. The van der Waals surface area contributed by atoms with Crippen molar-refractivity contribution in [2.75, 3.05) is 20.2 Å². The van der Waals surface area contributed by atoms with Gasteiger partial charge in [-0.05, 0) is 6.92 Å². The minimum absolute atomic E-state index is 0.0859. The quantitative estimate of drug-likeness (QED) is 0.440. The van der Waals surface area contributed by atoms with Gasteiger partial charge in [-0.3, -0.25) is 19.7 Å². The van der Waals surface area contributed by atoms with Crippen LogP contribution in [0.1, 0.15) is 23.8 Å². The molecule has 1 amide bonds. The second kappa shape index (κ2) is 6.69. The number of aromatic nitrogens is 1. The molecule has 0 spiro atoms. The second-order valence-electron chi connectivity index (χ2n) is 4.23. The maximum absolute atomic E-state index is 12.1. The van der Waals surface area contributed by atoms with E-state index in [0.29, 0.717) is 6.61 Å². The zero-order chi connectivity index (χ0) is 15.3. The lowest BCUT2D eigenvalue weighted by Crippen LogP contribution is -2.30. The standard InChI is InChI=1S/C12H17N3O5/c1-4-20-11(16)5-6-13(2)12(17)10-7-9(15(18)19)8-14(10)3/h7-8H,4-6H2,1-3H3. The van der Waals surface area contributed by atoms with Crippen molar-refractivity contribution in [3.8, 4) is 0 Å². The molecule has 0 aromatic carbocycles. The van der Waals surface area contributed by atoms with Crippen LogP contribution in [0.15, 0.2) is 12.3 Å². The van der Waals surface area contributed by atoms with Gasteiger partial charge in [-0.25, -0.2) is 0 Å². The van der Waals surface area contributed by atoms with Gasteiger partial charge < -0.3 is 14.2 Å². The topological polar surface area (TPSA) is 94.7 Å². The van der Waals surface area contributed by atoms with Crippen LogP contribution in [0.5, 0.6) is 0 Å². The van der Waals surface area contributed by atoms with Gasteiger partial charge in [0.25, 0.3) is 11.6 Å². The Kier molecular flexibility index (Phi) is 5.24. The molecule has 1 aromatic heterocycles. The van der Waals surface area contributed by atoms with Gasteiger partial charge in [0.05, 0.1) is 24.1 Å². The van der Waals surface area contributed by atoms with E-state index in [4.69, 9.17) is 4.74 Å². The molecule has 0 aliphatic carbocycles. The second-order valence-corrected chi connectivity index (χ2v) is 4.23. The van der Waals surface area contributed by atoms with Gasteiger partial charge in [-0.15, -0.1) is 0 Å². The lowest BCUT2D eigenvalue weighted by Gasteiger charge is -2.16. The Balaban J connectivity index is 2.69. The van der Waals surface area contributed by atoms with Gasteiger partial charge in [-0.2, -0.15) is 0 Å². The summed E-state index contributed by atoms with van der Waals surface area (Å²) in [6.45, 7) is 2.19. The van der Waals surface area contributed by atoms with Crippen molar-refractivity contribution < 1.29 is 19.2 Å². The average Bonchev–Trinajstić information content (AvgIpc) is 2.77. The summed E-state index contributed by atoms with van der Waals surface area (Å²) in [5.41, 5.74) is 0.0534. The van der Waals surface area contributed by atoms with E-state index in [-0.39, 0.29) is 36.2 Å². The Morgan fingerprint density at radius 3 is 2.65 bits per heavy atom. The SMILES string of the molecule is CCOC(=O)CCN(C)C(=O)c1cc([N+](=O)[O-])cn1C. The number of nitro groups is 1. The monoisotopic (exact) mass is 283 g/mol. The normalized spacial score (nSPS) is 10.2. The highest BCUT2D eigenvalue weighted by Gasteiger charge is 2.20. The van der Waals surface area contributed by atoms with E-state index < -0.39 is 4.92 Å². The third-order valence-electron chi connectivity index (χ3n) is 2.72. The van der Waals surface area contributed by atoms with Crippen molar-refractivity contribution in [1.82, 2.24) is 9.47 Å². The molecule has 0 aliphatic rings. The molecule has 0 radical (unpaired) electrons. The fourth-order valence-electron chi connectivity index (χ4n) is 1.65. The fraction of sp³-hybridized carbons (Fsp3) is 0.500. The number of rotatable bonds is 6. The first-order chi connectivity index (χ1) is 9.36. The predicted octanol–water partition coefficient (Wildman–Crippen LogP) is 0.958. The maximum Gasteiger partial charge on any atom is 0.307 e. The maximum atomic E-state index is 12.1. The van der Waals surface area contributed by atoms with Gasteiger partial charge in [0.1, 0.15) is 5.69 Å². The van der Waals surface area contributed by atoms with Crippen LogP contribution in [0.4, 0.5) is 5.69 Å². The number of amides is 1. The smallest absolute Gasteiger partial charge is 0.307 e. The summed E-state index contributed by atoms with van der Waals surface area (Å²) in [4.78, 5) is 34.7. The zero-order valence-electron chi connectivity index (χ0n) is 11.7. The Morgan fingerprint density at radius 2 is 2.15 bits per heavy atom. The number of hydrogen-bond acceptors (Lipinski definition) is 5. The molecule has 0 N–H and O–H groups in total. The van der Waals surface area contributed by atoms with E-state index in [1.54, 1.807) is 14.0 Å². The van der Waals surface area contributed by atoms with Crippen LogP contribution in [0.2, 0.25) is 0 Å². The van der Waals surface area contributed by atoms with Crippen molar-refractivity contribution in [2.45, 2.75) is 13.3 Å². The van der Waals surface area contributed by atoms with Crippen molar-refractivity contribution in [2.24, 2.45) is 7.05 Å². The number of ether oxygens (including phenoxy) is 1. The first-order valence-electron chi connectivity index (χ1n) is 6.08. The molecular weight excluding hydrogens is 266 g/mol. The Morgan fingerprint density at radius 1 is 1.50 bits per heavy atom. The lowest BCUT2D eigenvalue weighted by atomic mass is 10.3. The predicted molar refractivity (Wildman–Crippen MR) is 70.3 cm³/mol. The number of carbonyl (C=O) groups is 2. The van der Waals surface area contributed by atoms with Crippen LogP contribution in [0.25, 0.3) is 0 Å². The van der Waals surface area contributed by atoms with Crippen molar-refractivity contribution in [1.29, 1.82) is 0 Å². The Hall–Kier alpha value is -2.38. The number of aryl methyl sites for hydroxylation is 1. The number of nitrogens with zero attached hydrogens (tertiary/aromatic N) is 3. The molecule has 0 unspecified atom stereocenters. The van der Waals surface area contributed by atoms with E-state index in [1.165, 1.54) is 28.8 Å². The Bertz CT molecular complexity index is 523. The van der Waals surface area contributed by atoms with Crippen molar-refractivity contribution >= 4 is 17.6 Å². The molecular formula is C12H17N3O5. The van der Waals surface area contributed by atoms with Crippen molar-refractivity contribution in [3.63, 3.8) is 0 Å². The van der Waals surface area contributed by atoms with Crippen LogP contribution in [-0.4, -0.2) is 46.5 Å². The van der Waals surface area contributed by atoms with E-state index >= 15 is 0 Å². The third-order valence-corrected chi connectivity index (χ3v) is 2.72. The molecule has 0 fully saturated rings. The summed E-state index contributed by atoms with van der Waals surface area (Å²) >= 11 is 0. The molecule has 0 bridgehead atoms. The molecule has 1 rings (SSSR count). The first-order valence-corrected chi connectivity index (χ1v) is 6.08. The van der Waals surface area contributed by atoms with Crippen LogP contribution in [-0.2, 0) is 16.6 Å². The van der Waals surface area contributed by atoms with E-state index in [9.17, 15) is 19.7 Å². The summed E-state index contributed by atoms with van der Waals surface area (Å²) in [7, 11) is 3.08. The summed E-state index contributed by atoms with van der Waals surface area (Å²) < 4.78 is 6.16. The molecule has 0 atom stereocenters. The van der Waals surface area contributed by atoms with E-state index in [2.05, 4.69) is 0 Å². The molecule has 20 heavy (non-hydrogen) atoms. The highest BCUT2D eigenvalue weighted by molar-refractivity contribution is 5.93. The van der Waals surface area contributed by atoms with Gasteiger partial charge in [-0.1, -0.05) is 0 Å². The van der Waals surface area contributed by atoms with E-state index in [1.807, 2.05) is 0 Å². The van der Waals surface area contributed by atoms with Gasteiger partial charge >= 0.3 is 5.97 Å². The van der Waals surface area contributed by atoms with Crippen LogP contribution in [0, 0.1) is 10.1 Å². The van der Waals surface area contributed by atoms with Crippen LogP contribution in [0.3, 0.4) is 0 Å². The number of carbonyl (C=O) groups excluding carboxylic acids is 2. The van der Waals surface area contributed by atoms with Crippen LogP contribution >= 0.6 is 0 Å². The summed E-state index contributed by atoms with van der Waals surface area (Å²) in [5.74, 6) is -0.769. The lowest BCUT2D eigenvalue weighted by molar-refractivity contribution is -0.384. The summed E-state index contributed by atoms with van der Waals surface area (Å²) in [6, 6.07) is 1.21. The first kappa shape index (κ1) is 15.7. The third kappa shape index (κ3) is 3.81. The van der Waals surface area contributed by atoms with Gasteiger partial charge in [0.15, 0.2) is 0 Å². The van der Waals surface area contributed by atoms with Crippen molar-refractivity contribution in [3.05, 3.63) is 28.1 Å². The van der Waals surface area contributed by atoms with Gasteiger partial charge in [0, 0.05) is 26.7 Å². The zero-order valence-corrected chi connectivity index (χ0v) is 11.7. The van der Waals surface area contributed by atoms with E-state index in [0.717, 1.165) is 0 Å². The highest BCUT2D eigenvalue weighted by atomic mass is 16.6. The molecule has 0 saturated carbocycles. The molecule has 110 valence electrons. The molecule has 1 aromatic rings. The minimum atomic E-state index is -0.560. The molecule has 1 heterocycles. The largest absolute Gasteiger partial charge is 0.466 e. The summed E-state index contributed by atoms with van der Waals surface area (Å²) in [5, 5.41) is 10.7. The number of esters is 1.